The summed E-state index contributed by atoms with van der Waals surface area (Å²) in [4.78, 5) is 13.8. The van der Waals surface area contributed by atoms with Crippen molar-refractivity contribution in [2.75, 3.05) is 29.6 Å². The number of anilines is 3. The van der Waals surface area contributed by atoms with Crippen molar-refractivity contribution in [3.63, 3.8) is 0 Å². The number of nitrogens with one attached hydrogen (secondary N) is 2. The maximum atomic E-state index is 12.2. The van der Waals surface area contributed by atoms with Crippen molar-refractivity contribution in [1.82, 2.24) is 0 Å². The number of carbonyl (C=O) groups excluding carboxylic acids is 1. The van der Waals surface area contributed by atoms with Crippen molar-refractivity contribution in [3.8, 4) is 6.07 Å². The van der Waals surface area contributed by atoms with E-state index in [1.807, 2.05) is 37.2 Å². The molecule has 0 aliphatic heterocycles. The lowest BCUT2D eigenvalue weighted by atomic mass is 10.2. The second-order valence-electron chi connectivity index (χ2n) is 5.72. The standard InChI is InChI=1S/C18H18N4O4S/c1-22(2)16-7-3-5-14(9-16)20-12-13(11-19)18(23)21-15-6-4-8-17(10-15)27(24,25)26/h3-10,12,20H,1-2H3,(H,21,23)(H,24,25,26)/b13-12-. The molecule has 1 amide bonds. The van der Waals surface area contributed by atoms with Crippen LogP contribution in [0.25, 0.3) is 0 Å². The zero-order valence-corrected chi connectivity index (χ0v) is 15.5. The Morgan fingerprint density at radius 1 is 1.15 bits per heavy atom. The molecule has 0 aliphatic rings. The van der Waals surface area contributed by atoms with Crippen LogP contribution >= 0.6 is 0 Å². The van der Waals surface area contributed by atoms with Gasteiger partial charge < -0.3 is 15.5 Å². The van der Waals surface area contributed by atoms with Crippen LogP contribution in [0.2, 0.25) is 0 Å². The summed E-state index contributed by atoms with van der Waals surface area (Å²) in [5, 5.41) is 14.5. The van der Waals surface area contributed by atoms with Crippen molar-refractivity contribution in [2.45, 2.75) is 4.90 Å². The second kappa shape index (κ2) is 8.35. The normalized spacial score (nSPS) is 11.4. The second-order valence-corrected chi connectivity index (χ2v) is 7.14. The average molecular weight is 386 g/mol. The minimum absolute atomic E-state index is 0.130. The van der Waals surface area contributed by atoms with Crippen LogP contribution < -0.4 is 15.5 Å². The highest BCUT2D eigenvalue weighted by Crippen LogP contribution is 2.18. The van der Waals surface area contributed by atoms with Gasteiger partial charge in [0, 0.05) is 37.4 Å². The highest BCUT2D eigenvalue weighted by molar-refractivity contribution is 7.85. The lowest BCUT2D eigenvalue weighted by Gasteiger charge is -2.13. The first-order valence-electron chi connectivity index (χ1n) is 7.74. The third kappa shape index (κ3) is 5.57. The molecule has 8 nitrogen and oxygen atoms in total. The number of carbonyl (C=O) groups is 1. The molecule has 0 bridgehead atoms. The molecule has 3 N–H and O–H groups in total. The first-order chi connectivity index (χ1) is 12.7. The van der Waals surface area contributed by atoms with Crippen LogP contribution in [0.15, 0.2) is 65.2 Å². The van der Waals surface area contributed by atoms with E-state index in [9.17, 15) is 18.5 Å². The lowest BCUT2D eigenvalue weighted by Crippen LogP contribution is -2.15. The minimum atomic E-state index is -4.39. The zero-order valence-electron chi connectivity index (χ0n) is 14.7. The summed E-state index contributed by atoms with van der Waals surface area (Å²) in [6.07, 6.45) is 1.26. The van der Waals surface area contributed by atoms with Gasteiger partial charge in [0.25, 0.3) is 16.0 Å². The molecule has 0 spiro atoms. The molecule has 27 heavy (non-hydrogen) atoms. The monoisotopic (exact) mass is 386 g/mol. The van der Waals surface area contributed by atoms with Gasteiger partial charge in [-0.05, 0) is 36.4 Å². The largest absolute Gasteiger partial charge is 0.378 e. The van der Waals surface area contributed by atoms with E-state index in [1.165, 1.54) is 24.4 Å². The molecule has 0 heterocycles. The molecule has 0 aliphatic carbocycles. The number of hydrogen-bond donors (Lipinski definition) is 3. The fraction of sp³-hybridized carbons (Fsp3) is 0.111. The molecule has 2 rings (SSSR count). The van der Waals surface area contributed by atoms with E-state index in [-0.39, 0.29) is 16.2 Å². The van der Waals surface area contributed by atoms with Gasteiger partial charge in [-0.25, -0.2) is 0 Å². The molecular formula is C18H18N4O4S. The minimum Gasteiger partial charge on any atom is -0.378 e. The molecule has 9 heteroatoms. The number of nitrogens with zero attached hydrogens (tertiary/aromatic N) is 2. The maximum Gasteiger partial charge on any atom is 0.294 e. The number of benzene rings is 2. The van der Waals surface area contributed by atoms with E-state index in [4.69, 9.17) is 4.55 Å². The lowest BCUT2D eigenvalue weighted by molar-refractivity contribution is -0.112. The fourth-order valence-electron chi connectivity index (χ4n) is 2.11. The fourth-order valence-corrected chi connectivity index (χ4v) is 2.64. The van der Waals surface area contributed by atoms with Gasteiger partial charge in [-0.15, -0.1) is 0 Å². The molecule has 140 valence electrons. The van der Waals surface area contributed by atoms with Crippen molar-refractivity contribution >= 4 is 33.1 Å². The van der Waals surface area contributed by atoms with E-state index in [0.717, 1.165) is 11.8 Å². The number of nitriles is 1. The molecule has 0 saturated heterocycles. The first-order valence-corrected chi connectivity index (χ1v) is 9.18. The smallest absolute Gasteiger partial charge is 0.294 e. The predicted molar refractivity (Wildman–Crippen MR) is 103 cm³/mol. The third-order valence-electron chi connectivity index (χ3n) is 3.50. The maximum absolute atomic E-state index is 12.2. The van der Waals surface area contributed by atoms with E-state index in [2.05, 4.69) is 10.6 Å². The van der Waals surface area contributed by atoms with Gasteiger partial charge >= 0.3 is 0 Å². The van der Waals surface area contributed by atoms with E-state index < -0.39 is 16.0 Å². The van der Waals surface area contributed by atoms with Gasteiger partial charge in [-0.3, -0.25) is 9.35 Å². The van der Waals surface area contributed by atoms with Crippen LogP contribution in [0.3, 0.4) is 0 Å². The van der Waals surface area contributed by atoms with Gasteiger partial charge in [0.1, 0.15) is 11.6 Å². The van der Waals surface area contributed by atoms with Crippen molar-refractivity contribution in [2.24, 2.45) is 0 Å². The van der Waals surface area contributed by atoms with Crippen LogP contribution in [-0.2, 0) is 14.9 Å². The van der Waals surface area contributed by atoms with Crippen molar-refractivity contribution in [1.29, 1.82) is 5.26 Å². The Hall–Kier alpha value is -3.35. The summed E-state index contributed by atoms with van der Waals surface area (Å²) in [5.41, 5.74) is 1.56. The molecule has 0 unspecified atom stereocenters. The number of amides is 1. The van der Waals surface area contributed by atoms with E-state index >= 15 is 0 Å². The van der Waals surface area contributed by atoms with Crippen LogP contribution in [0, 0.1) is 11.3 Å². The summed E-state index contributed by atoms with van der Waals surface area (Å²) in [6, 6.07) is 14.2. The highest BCUT2D eigenvalue weighted by atomic mass is 32.2. The summed E-state index contributed by atoms with van der Waals surface area (Å²) in [5.74, 6) is -0.721. The molecule has 0 atom stereocenters. The van der Waals surface area contributed by atoms with E-state index in [1.54, 1.807) is 12.1 Å². The number of hydrogen-bond acceptors (Lipinski definition) is 6. The SMILES string of the molecule is CN(C)c1cccc(N/C=C(/C#N)C(=O)Nc2cccc(S(=O)(=O)O)c2)c1. The Labute approximate surface area is 157 Å². The highest BCUT2D eigenvalue weighted by Gasteiger charge is 2.13. The molecule has 2 aromatic rings. The Balaban J connectivity index is 2.15. The van der Waals surface area contributed by atoms with Gasteiger partial charge in [0.05, 0.1) is 4.90 Å². The van der Waals surface area contributed by atoms with Crippen LogP contribution in [0.5, 0.6) is 0 Å². The Bertz CT molecular complexity index is 1020. The average Bonchev–Trinajstić information content (AvgIpc) is 2.62. The topological polar surface area (TPSA) is 123 Å². The molecule has 0 fully saturated rings. The van der Waals surface area contributed by atoms with E-state index in [0.29, 0.717) is 5.69 Å². The molecule has 2 aromatic carbocycles. The van der Waals surface area contributed by atoms with Crippen molar-refractivity contribution < 1.29 is 17.8 Å². The van der Waals surface area contributed by atoms with Gasteiger partial charge in [-0.2, -0.15) is 13.7 Å². The predicted octanol–water partition coefficient (Wildman–Crippen LogP) is 2.46. The van der Waals surface area contributed by atoms with Crippen LogP contribution in [-0.4, -0.2) is 33.0 Å². The first kappa shape index (κ1) is 20.0. The van der Waals surface area contributed by atoms with Gasteiger partial charge in [0.15, 0.2) is 0 Å². The molecule has 0 aromatic heterocycles. The molecule has 0 saturated carbocycles. The zero-order chi connectivity index (χ0) is 20.0. The quantitative estimate of drug-likeness (QED) is 0.396. The Kier molecular flexibility index (Phi) is 6.18. The summed E-state index contributed by atoms with van der Waals surface area (Å²) in [7, 11) is -0.606. The third-order valence-corrected chi connectivity index (χ3v) is 4.35. The van der Waals surface area contributed by atoms with Gasteiger partial charge in [-0.1, -0.05) is 12.1 Å². The molecular weight excluding hydrogens is 368 g/mol. The number of rotatable bonds is 6. The summed E-state index contributed by atoms with van der Waals surface area (Å²) in [6.45, 7) is 0. The van der Waals surface area contributed by atoms with Crippen molar-refractivity contribution in [3.05, 3.63) is 60.3 Å². The Morgan fingerprint density at radius 2 is 1.81 bits per heavy atom. The van der Waals surface area contributed by atoms with Gasteiger partial charge in [0.2, 0.25) is 0 Å². The molecule has 0 radical (unpaired) electrons. The summed E-state index contributed by atoms with van der Waals surface area (Å²) < 4.78 is 31.4. The Morgan fingerprint density at radius 3 is 2.44 bits per heavy atom. The van der Waals surface area contributed by atoms with Crippen LogP contribution in [0.1, 0.15) is 0 Å². The summed E-state index contributed by atoms with van der Waals surface area (Å²) >= 11 is 0. The van der Waals surface area contributed by atoms with Crippen LogP contribution in [0.4, 0.5) is 17.1 Å².